The molecule has 0 aliphatic heterocycles. The summed E-state index contributed by atoms with van der Waals surface area (Å²) in [4.78, 5) is 23.2. The van der Waals surface area contributed by atoms with Crippen molar-refractivity contribution < 1.29 is 19.4 Å². The molecule has 1 aromatic heterocycles. The molecule has 0 saturated carbocycles. The Morgan fingerprint density at radius 3 is 2.44 bits per heavy atom. The lowest BCUT2D eigenvalue weighted by molar-refractivity contribution is -0.140. The fourth-order valence-corrected chi connectivity index (χ4v) is 2.23. The van der Waals surface area contributed by atoms with Gasteiger partial charge in [-0.2, -0.15) is 0 Å². The van der Waals surface area contributed by atoms with Crippen LogP contribution in [-0.2, 0) is 4.79 Å². The topological polar surface area (TPSA) is 101 Å². The van der Waals surface area contributed by atoms with Gasteiger partial charge < -0.3 is 15.2 Å². The Balaban J connectivity index is 2.10. The van der Waals surface area contributed by atoms with E-state index in [1.807, 2.05) is 0 Å². The number of halogens is 2. The van der Waals surface area contributed by atoms with Crippen LogP contribution in [0.15, 0.2) is 30.3 Å². The Labute approximate surface area is 153 Å². The third-order valence-corrected chi connectivity index (χ3v) is 4.02. The van der Waals surface area contributed by atoms with E-state index >= 15 is 0 Å². The minimum Gasteiger partial charge on any atom is -0.480 e. The average molecular weight is 384 g/mol. The van der Waals surface area contributed by atoms with E-state index in [9.17, 15) is 9.59 Å². The summed E-state index contributed by atoms with van der Waals surface area (Å²) in [6.07, 6.45) is 0. The summed E-state index contributed by atoms with van der Waals surface area (Å²) in [5, 5.41) is 19.6. The number of carbonyl (C=O) groups is 2. The smallest absolute Gasteiger partial charge is 0.326 e. The molecular formula is C16H15Cl2N3O4. The second-order valence-corrected chi connectivity index (χ2v) is 6.23. The molecule has 0 aliphatic rings. The van der Waals surface area contributed by atoms with Gasteiger partial charge in [0.2, 0.25) is 5.88 Å². The molecule has 9 heteroatoms. The van der Waals surface area contributed by atoms with E-state index in [2.05, 4.69) is 15.5 Å². The van der Waals surface area contributed by atoms with Crippen LogP contribution < -0.4 is 10.1 Å². The van der Waals surface area contributed by atoms with Gasteiger partial charge in [0.05, 0.1) is 5.02 Å². The molecule has 0 unspecified atom stereocenters. The monoisotopic (exact) mass is 383 g/mol. The molecule has 0 spiro atoms. The Kier molecular flexibility index (Phi) is 6.17. The van der Waals surface area contributed by atoms with Crippen molar-refractivity contribution in [1.82, 2.24) is 15.5 Å². The lowest BCUT2D eigenvalue weighted by Crippen LogP contribution is -2.44. The maximum Gasteiger partial charge on any atom is 0.326 e. The number of benzene rings is 1. The van der Waals surface area contributed by atoms with Crippen LogP contribution >= 0.6 is 23.2 Å². The van der Waals surface area contributed by atoms with Gasteiger partial charge in [-0.25, -0.2) is 4.79 Å². The van der Waals surface area contributed by atoms with Gasteiger partial charge in [0, 0.05) is 6.07 Å². The zero-order valence-electron chi connectivity index (χ0n) is 13.4. The van der Waals surface area contributed by atoms with Crippen LogP contribution in [0.2, 0.25) is 10.0 Å². The highest BCUT2D eigenvalue weighted by Crippen LogP contribution is 2.33. The largest absolute Gasteiger partial charge is 0.480 e. The Hall–Kier alpha value is -2.38. The quantitative estimate of drug-likeness (QED) is 0.792. The number of amides is 1. The summed E-state index contributed by atoms with van der Waals surface area (Å²) in [5.41, 5.74) is -0.0311. The minimum absolute atomic E-state index is 0.0311. The lowest BCUT2D eigenvalue weighted by atomic mass is 10.0. The summed E-state index contributed by atoms with van der Waals surface area (Å²) in [6, 6.07) is 6.66. The number of carboxylic acids is 1. The maximum atomic E-state index is 12.1. The van der Waals surface area contributed by atoms with Gasteiger partial charge in [0.15, 0.2) is 5.69 Å². The molecule has 1 atom stereocenters. The number of aromatic nitrogens is 2. The van der Waals surface area contributed by atoms with Gasteiger partial charge in [-0.1, -0.05) is 43.1 Å². The maximum absolute atomic E-state index is 12.1. The van der Waals surface area contributed by atoms with Gasteiger partial charge in [-0.05, 0) is 24.1 Å². The van der Waals surface area contributed by atoms with Crippen molar-refractivity contribution in [2.75, 3.05) is 0 Å². The number of carboxylic acid groups (broad SMARTS) is 1. The number of carbonyl (C=O) groups excluding carboxylic acids is 1. The van der Waals surface area contributed by atoms with Crippen molar-refractivity contribution >= 4 is 35.1 Å². The highest BCUT2D eigenvalue weighted by Gasteiger charge is 2.24. The lowest BCUT2D eigenvalue weighted by Gasteiger charge is -2.17. The van der Waals surface area contributed by atoms with Crippen molar-refractivity contribution in [3.8, 4) is 11.6 Å². The van der Waals surface area contributed by atoms with Gasteiger partial charge in [-0.15, -0.1) is 10.2 Å². The van der Waals surface area contributed by atoms with Crippen LogP contribution in [0.3, 0.4) is 0 Å². The molecule has 1 heterocycles. The number of hydrogen-bond donors (Lipinski definition) is 2. The first kappa shape index (κ1) is 19.0. The number of rotatable bonds is 6. The van der Waals surface area contributed by atoms with Crippen LogP contribution in [0.5, 0.6) is 11.6 Å². The predicted octanol–water partition coefficient (Wildman–Crippen LogP) is 3.41. The molecule has 7 nitrogen and oxygen atoms in total. The molecule has 2 N–H and O–H groups in total. The average Bonchev–Trinajstić information content (AvgIpc) is 2.56. The molecular weight excluding hydrogens is 369 g/mol. The molecule has 0 bridgehead atoms. The number of nitrogens with one attached hydrogen (secondary N) is 1. The van der Waals surface area contributed by atoms with Crippen molar-refractivity contribution in [3.63, 3.8) is 0 Å². The molecule has 1 aromatic carbocycles. The van der Waals surface area contributed by atoms with Crippen molar-refractivity contribution in [3.05, 3.63) is 46.1 Å². The number of aliphatic carboxylic acids is 1. The summed E-state index contributed by atoms with van der Waals surface area (Å²) in [6.45, 7) is 3.38. The highest BCUT2D eigenvalue weighted by molar-refractivity contribution is 6.42. The summed E-state index contributed by atoms with van der Waals surface area (Å²) < 4.78 is 5.47. The zero-order valence-corrected chi connectivity index (χ0v) is 14.9. The molecule has 0 fully saturated rings. The van der Waals surface area contributed by atoms with Gasteiger partial charge >= 0.3 is 5.97 Å². The standard InChI is InChI=1S/C16H15Cl2N3O4/c1-8(2)14(16(23)24)19-15(22)10-6-7-12(21-20-10)25-11-5-3-4-9(17)13(11)18/h3-8,14H,1-2H3,(H,19,22)(H,23,24)/t14-/m0/s1. The van der Waals surface area contributed by atoms with Crippen LogP contribution in [0, 0.1) is 5.92 Å². The second-order valence-electron chi connectivity index (χ2n) is 5.44. The van der Waals surface area contributed by atoms with Gasteiger partial charge in [-0.3, -0.25) is 4.79 Å². The van der Waals surface area contributed by atoms with E-state index in [1.54, 1.807) is 32.0 Å². The molecule has 132 valence electrons. The van der Waals surface area contributed by atoms with E-state index in [1.165, 1.54) is 12.1 Å². The number of hydrogen-bond acceptors (Lipinski definition) is 5. The first-order valence-electron chi connectivity index (χ1n) is 7.29. The highest BCUT2D eigenvalue weighted by atomic mass is 35.5. The molecule has 2 aromatic rings. The van der Waals surface area contributed by atoms with Crippen LogP contribution in [-0.4, -0.2) is 33.2 Å². The molecule has 0 saturated heterocycles. The summed E-state index contributed by atoms with van der Waals surface area (Å²) in [5.74, 6) is -1.62. The molecule has 1 amide bonds. The molecule has 0 radical (unpaired) electrons. The first-order valence-corrected chi connectivity index (χ1v) is 8.04. The summed E-state index contributed by atoms with van der Waals surface area (Å²) >= 11 is 11.9. The predicted molar refractivity (Wildman–Crippen MR) is 92.3 cm³/mol. The van der Waals surface area contributed by atoms with Crippen molar-refractivity contribution in [2.45, 2.75) is 19.9 Å². The minimum atomic E-state index is -1.12. The van der Waals surface area contributed by atoms with E-state index in [0.717, 1.165) is 0 Å². The van der Waals surface area contributed by atoms with E-state index in [0.29, 0.717) is 10.8 Å². The van der Waals surface area contributed by atoms with Gasteiger partial charge in [0.1, 0.15) is 16.8 Å². The zero-order chi connectivity index (χ0) is 18.6. The van der Waals surface area contributed by atoms with Crippen LogP contribution in [0.25, 0.3) is 0 Å². The van der Waals surface area contributed by atoms with Crippen LogP contribution in [0.1, 0.15) is 24.3 Å². The Morgan fingerprint density at radius 2 is 1.88 bits per heavy atom. The Bertz CT molecular complexity index is 781. The van der Waals surface area contributed by atoms with Crippen LogP contribution in [0.4, 0.5) is 0 Å². The van der Waals surface area contributed by atoms with Gasteiger partial charge in [0.25, 0.3) is 5.91 Å². The molecule has 25 heavy (non-hydrogen) atoms. The SMILES string of the molecule is CC(C)[C@H](NC(=O)c1ccc(Oc2cccc(Cl)c2Cl)nn1)C(=O)O. The van der Waals surface area contributed by atoms with Crippen molar-refractivity contribution in [1.29, 1.82) is 0 Å². The Morgan fingerprint density at radius 1 is 1.16 bits per heavy atom. The number of nitrogens with zero attached hydrogens (tertiary/aromatic N) is 2. The fourth-order valence-electron chi connectivity index (χ4n) is 1.90. The third-order valence-electron chi connectivity index (χ3n) is 3.22. The normalized spacial score (nSPS) is 11.9. The third kappa shape index (κ3) is 4.80. The van der Waals surface area contributed by atoms with E-state index < -0.39 is 17.9 Å². The fraction of sp³-hybridized carbons (Fsp3) is 0.250. The van der Waals surface area contributed by atoms with E-state index in [4.69, 9.17) is 33.0 Å². The summed E-state index contributed by atoms with van der Waals surface area (Å²) in [7, 11) is 0. The molecule has 2 rings (SSSR count). The number of ether oxygens (including phenoxy) is 1. The molecule has 0 aliphatic carbocycles. The second kappa shape index (κ2) is 8.13. The van der Waals surface area contributed by atoms with E-state index in [-0.39, 0.29) is 22.5 Å². The van der Waals surface area contributed by atoms with Crippen molar-refractivity contribution in [2.24, 2.45) is 5.92 Å². The first-order chi connectivity index (χ1) is 11.8.